The molecule has 0 aliphatic carbocycles. The zero-order chi connectivity index (χ0) is 15.8. The summed E-state index contributed by atoms with van der Waals surface area (Å²) in [5.41, 5.74) is 5.27. The lowest BCUT2D eigenvalue weighted by Gasteiger charge is -2.15. The maximum Gasteiger partial charge on any atom is 0.218 e. The van der Waals surface area contributed by atoms with Gasteiger partial charge in [-0.15, -0.1) is 0 Å². The first-order valence-corrected chi connectivity index (χ1v) is 9.22. The number of carbonyl (C=O) groups excluding carboxylic acids is 1. The van der Waals surface area contributed by atoms with Crippen LogP contribution >= 0.6 is 0 Å². The van der Waals surface area contributed by atoms with Gasteiger partial charge in [-0.2, -0.15) is 0 Å². The van der Waals surface area contributed by atoms with E-state index in [9.17, 15) is 4.79 Å². The number of unbranched alkanes of at least 4 members (excludes halogenated alkanes) is 10. The molecule has 0 aromatic carbocycles. The standard InChI is InChI=1S/C18H38N2O/c1-3-5-6-7-8-9-10-11-12-13-14-15-17(20-4-2)16-18(19)21/h17,20H,3-16H2,1-2H3,(H2,19,21). The minimum Gasteiger partial charge on any atom is -0.370 e. The van der Waals surface area contributed by atoms with Crippen LogP contribution in [0.2, 0.25) is 0 Å². The van der Waals surface area contributed by atoms with Crippen LogP contribution in [0.4, 0.5) is 0 Å². The van der Waals surface area contributed by atoms with E-state index in [1.54, 1.807) is 0 Å². The van der Waals surface area contributed by atoms with E-state index in [0.29, 0.717) is 6.42 Å². The molecule has 0 radical (unpaired) electrons. The van der Waals surface area contributed by atoms with Crippen molar-refractivity contribution in [3.8, 4) is 0 Å². The normalized spacial score (nSPS) is 12.5. The Bertz CT molecular complexity index is 231. The monoisotopic (exact) mass is 298 g/mol. The van der Waals surface area contributed by atoms with Gasteiger partial charge in [-0.25, -0.2) is 0 Å². The lowest BCUT2D eigenvalue weighted by atomic mass is 10.0. The van der Waals surface area contributed by atoms with Crippen molar-refractivity contribution in [1.29, 1.82) is 0 Å². The van der Waals surface area contributed by atoms with Gasteiger partial charge in [-0.1, -0.05) is 84.5 Å². The third-order valence-corrected chi connectivity index (χ3v) is 4.10. The predicted octanol–water partition coefficient (Wildman–Crippen LogP) is 4.54. The summed E-state index contributed by atoms with van der Waals surface area (Å²) in [7, 11) is 0. The predicted molar refractivity (Wildman–Crippen MR) is 92.4 cm³/mol. The first kappa shape index (κ1) is 20.4. The molecule has 0 aliphatic heterocycles. The Hall–Kier alpha value is -0.570. The van der Waals surface area contributed by atoms with Gasteiger partial charge in [-0.05, 0) is 13.0 Å². The van der Waals surface area contributed by atoms with Crippen LogP contribution in [0.5, 0.6) is 0 Å². The third kappa shape index (κ3) is 15.6. The largest absolute Gasteiger partial charge is 0.370 e. The molecule has 0 spiro atoms. The molecule has 0 saturated heterocycles. The molecular formula is C18H38N2O. The van der Waals surface area contributed by atoms with E-state index in [0.717, 1.165) is 13.0 Å². The fraction of sp³-hybridized carbons (Fsp3) is 0.944. The summed E-state index contributed by atoms with van der Waals surface area (Å²) in [4.78, 5) is 11.0. The molecule has 0 aromatic heterocycles. The third-order valence-electron chi connectivity index (χ3n) is 4.10. The second-order valence-corrected chi connectivity index (χ2v) is 6.25. The smallest absolute Gasteiger partial charge is 0.218 e. The molecule has 3 N–H and O–H groups in total. The molecule has 0 saturated carbocycles. The van der Waals surface area contributed by atoms with Gasteiger partial charge in [0.2, 0.25) is 5.91 Å². The summed E-state index contributed by atoms with van der Waals surface area (Å²) in [6.45, 7) is 5.26. The van der Waals surface area contributed by atoms with Crippen molar-refractivity contribution in [3.63, 3.8) is 0 Å². The maximum absolute atomic E-state index is 11.0. The number of nitrogens with one attached hydrogen (secondary N) is 1. The van der Waals surface area contributed by atoms with E-state index in [2.05, 4.69) is 19.2 Å². The van der Waals surface area contributed by atoms with Gasteiger partial charge < -0.3 is 11.1 Å². The van der Waals surface area contributed by atoms with Crippen LogP contribution in [-0.2, 0) is 4.79 Å². The van der Waals surface area contributed by atoms with Crippen LogP contribution in [0.15, 0.2) is 0 Å². The summed E-state index contributed by atoms with van der Waals surface area (Å²) < 4.78 is 0. The molecule has 0 fully saturated rings. The molecule has 0 aliphatic rings. The zero-order valence-electron chi connectivity index (χ0n) is 14.5. The Kier molecular flexibility index (Phi) is 15.4. The van der Waals surface area contributed by atoms with E-state index in [1.807, 2.05) is 0 Å². The van der Waals surface area contributed by atoms with Gasteiger partial charge in [0.15, 0.2) is 0 Å². The number of hydrogen-bond acceptors (Lipinski definition) is 2. The summed E-state index contributed by atoms with van der Waals surface area (Å²) in [6.07, 6.45) is 16.6. The molecule has 1 amide bonds. The van der Waals surface area contributed by atoms with Crippen molar-refractivity contribution in [2.24, 2.45) is 5.73 Å². The quantitative estimate of drug-likeness (QED) is 0.411. The van der Waals surface area contributed by atoms with E-state index >= 15 is 0 Å². The molecule has 0 rings (SSSR count). The van der Waals surface area contributed by atoms with Crippen LogP contribution < -0.4 is 11.1 Å². The van der Waals surface area contributed by atoms with Gasteiger partial charge in [0.1, 0.15) is 0 Å². The average Bonchev–Trinajstić information content (AvgIpc) is 2.44. The SMILES string of the molecule is CCCCCCCCCCCCCC(CC(N)=O)NCC. The van der Waals surface area contributed by atoms with Crippen molar-refractivity contribution < 1.29 is 4.79 Å². The average molecular weight is 299 g/mol. The molecule has 1 atom stereocenters. The van der Waals surface area contributed by atoms with Gasteiger partial charge in [0.25, 0.3) is 0 Å². The topological polar surface area (TPSA) is 55.1 Å². The number of carbonyl (C=O) groups is 1. The first-order chi connectivity index (χ1) is 10.2. The summed E-state index contributed by atoms with van der Waals surface area (Å²) in [6, 6.07) is 0.283. The highest BCUT2D eigenvalue weighted by Gasteiger charge is 2.09. The van der Waals surface area contributed by atoms with Crippen molar-refractivity contribution >= 4 is 5.91 Å². The Labute approximate surface area is 132 Å². The van der Waals surface area contributed by atoms with Crippen LogP contribution in [0.1, 0.15) is 97.3 Å². The molecule has 3 heteroatoms. The number of nitrogens with two attached hydrogens (primary N) is 1. The number of primary amides is 1. The first-order valence-electron chi connectivity index (χ1n) is 9.22. The number of hydrogen-bond donors (Lipinski definition) is 2. The lowest BCUT2D eigenvalue weighted by Crippen LogP contribution is -2.33. The fourth-order valence-electron chi connectivity index (χ4n) is 2.86. The van der Waals surface area contributed by atoms with Gasteiger partial charge in [0.05, 0.1) is 0 Å². The van der Waals surface area contributed by atoms with Gasteiger partial charge in [-0.3, -0.25) is 4.79 Å². The number of amides is 1. The Balaban J connectivity index is 3.31. The molecular weight excluding hydrogens is 260 g/mol. The maximum atomic E-state index is 11.0. The van der Waals surface area contributed by atoms with Gasteiger partial charge >= 0.3 is 0 Å². The fourth-order valence-corrected chi connectivity index (χ4v) is 2.86. The summed E-state index contributed by atoms with van der Waals surface area (Å²) in [5.74, 6) is -0.191. The van der Waals surface area contributed by atoms with E-state index < -0.39 is 0 Å². The molecule has 3 nitrogen and oxygen atoms in total. The molecule has 0 bridgehead atoms. The summed E-state index contributed by atoms with van der Waals surface area (Å²) in [5, 5.41) is 3.35. The molecule has 21 heavy (non-hydrogen) atoms. The van der Waals surface area contributed by atoms with Crippen molar-refractivity contribution in [2.75, 3.05) is 6.54 Å². The van der Waals surface area contributed by atoms with Crippen LogP contribution in [0.3, 0.4) is 0 Å². The molecule has 0 heterocycles. The minimum atomic E-state index is -0.191. The minimum absolute atomic E-state index is 0.191. The van der Waals surface area contributed by atoms with Gasteiger partial charge in [0, 0.05) is 12.5 Å². The van der Waals surface area contributed by atoms with Crippen molar-refractivity contribution in [2.45, 2.75) is 103 Å². The Morgan fingerprint density at radius 3 is 1.76 bits per heavy atom. The zero-order valence-corrected chi connectivity index (χ0v) is 14.5. The second-order valence-electron chi connectivity index (χ2n) is 6.25. The second kappa shape index (κ2) is 15.8. The van der Waals surface area contributed by atoms with E-state index in [4.69, 9.17) is 5.73 Å². The lowest BCUT2D eigenvalue weighted by molar-refractivity contribution is -0.118. The Morgan fingerprint density at radius 1 is 0.857 bits per heavy atom. The molecule has 126 valence electrons. The van der Waals surface area contributed by atoms with Crippen LogP contribution in [0, 0.1) is 0 Å². The Morgan fingerprint density at radius 2 is 1.33 bits per heavy atom. The molecule has 1 unspecified atom stereocenters. The number of rotatable bonds is 16. The highest BCUT2D eigenvalue weighted by Crippen LogP contribution is 2.13. The summed E-state index contributed by atoms with van der Waals surface area (Å²) >= 11 is 0. The van der Waals surface area contributed by atoms with E-state index in [-0.39, 0.29) is 11.9 Å². The molecule has 0 aromatic rings. The van der Waals surface area contributed by atoms with Crippen molar-refractivity contribution in [1.82, 2.24) is 5.32 Å². The van der Waals surface area contributed by atoms with Crippen LogP contribution in [-0.4, -0.2) is 18.5 Å². The van der Waals surface area contributed by atoms with Crippen molar-refractivity contribution in [3.05, 3.63) is 0 Å². The highest BCUT2D eigenvalue weighted by molar-refractivity contribution is 5.74. The van der Waals surface area contributed by atoms with Crippen LogP contribution in [0.25, 0.3) is 0 Å². The highest BCUT2D eigenvalue weighted by atomic mass is 16.1. The van der Waals surface area contributed by atoms with E-state index in [1.165, 1.54) is 70.6 Å².